The van der Waals surface area contributed by atoms with Crippen molar-refractivity contribution < 1.29 is 9.20 Å². The molecule has 0 unspecified atom stereocenters. The Balaban J connectivity index is 1.49. The zero-order valence-corrected chi connectivity index (χ0v) is 15.9. The summed E-state index contributed by atoms with van der Waals surface area (Å²) < 4.78 is 1.90. The van der Waals surface area contributed by atoms with Gasteiger partial charge in [-0.1, -0.05) is 54.1 Å². The Bertz CT molecular complexity index is 1170. The van der Waals surface area contributed by atoms with Crippen LogP contribution in [0.1, 0.15) is 21.7 Å². The Morgan fingerprint density at radius 1 is 1.00 bits per heavy atom. The fourth-order valence-corrected chi connectivity index (χ4v) is 4.22. The maximum absolute atomic E-state index is 13.1. The van der Waals surface area contributed by atoms with E-state index in [9.17, 15) is 4.79 Å². The number of amides is 1. The summed E-state index contributed by atoms with van der Waals surface area (Å²) in [4.78, 5) is 16.4. The largest absolute Gasteiger partial charge is 0.351 e. The van der Waals surface area contributed by atoms with Gasteiger partial charge in [0, 0.05) is 16.6 Å². The van der Waals surface area contributed by atoms with Crippen LogP contribution in [0.5, 0.6) is 0 Å². The van der Waals surface area contributed by atoms with E-state index in [-0.39, 0.29) is 11.9 Å². The number of aromatic amines is 1. The number of hydrogen-bond donors (Lipinski definition) is 2. The molecule has 1 aliphatic rings. The molecule has 2 aromatic heterocycles. The molecular formula is C23H19ClN3O+. The van der Waals surface area contributed by atoms with Crippen molar-refractivity contribution in [2.24, 2.45) is 0 Å². The molecule has 1 amide bonds. The number of halogens is 1. The number of pyridine rings is 1. The van der Waals surface area contributed by atoms with E-state index < -0.39 is 0 Å². The minimum absolute atomic E-state index is 0.104. The summed E-state index contributed by atoms with van der Waals surface area (Å²) in [6, 6.07) is 22.0. The fraction of sp³-hybridized carbons (Fsp3) is 0.130. The third-order valence-electron chi connectivity index (χ3n) is 5.31. The lowest BCUT2D eigenvalue weighted by Crippen LogP contribution is -2.40. The van der Waals surface area contributed by atoms with Crippen molar-refractivity contribution in [3.05, 3.63) is 94.9 Å². The molecule has 4 nitrogen and oxygen atoms in total. The normalized spacial score (nSPS) is 13.6. The molecule has 5 heteroatoms. The highest BCUT2D eigenvalue weighted by Crippen LogP contribution is 2.25. The van der Waals surface area contributed by atoms with Crippen LogP contribution >= 0.6 is 11.6 Å². The number of nitrogens with zero attached hydrogens (tertiary/aromatic N) is 1. The molecule has 0 spiro atoms. The van der Waals surface area contributed by atoms with E-state index in [1.165, 1.54) is 11.1 Å². The lowest BCUT2D eigenvalue weighted by atomic mass is 10.1. The highest BCUT2D eigenvalue weighted by atomic mass is 35.5. The molecular weight excluding hydrogens is 370 g/mol. The molecule has 5 rings (SSSR count). The van der Waals surface area contributed by atoms with E-state index >= 15 is 0 Å². The van der Waals surface area contributed by atoms with Gasteiger partial charge in [0.2, 0.25) is 0 Å². The van der Waals surface area contributed by atoms with Crippen LogP contribution in [0.15, 0.2) is 72.9 Å². The number of imidazole rings is 1. The molecule has 0 aliphatic heterocycles. The number of fused-ring (bicyclic) bond motifs is 2. The van der Waals surface area contributed by atoms with Gasteiger partial charge in [-0.15, -0.1) is 0 Å². The van der Waals surface area contributed by atoms with Crippen LogP contribution in [-0.2, 0) is 12.8 Å². The predicted octanol–water partition coefficient (Wildman–Crippen LogP) is 3.97. The summed E-state index contributed by atoms with van der Waals surface area (Å²) in [5.41, 5.74) is 5.39. The maximum Gasteiger partial charge on any atom is 0.351 e. The second-order valence-corrected chi connectivity index (χ2v) is 7.60. The first-order valence-corrected chi connectivity index (χ1v) is 9.73. The maximum atomic E-state index is 13.1. The Kier molecular flexibility index (Phi) is 4.14. The molecule has 0 radical (unpaired) electrons. The van der Waals surface area contributed by atoms with Gasteiger partial charge in [-0.05, 0) is 48.2 Å². The van der Waals surface area contributed by atoms with Gasteiger partial charge in [0.25, 0.3) is 0 Å². The van der Waals surface area contributed by atoms with E-state index in [0.29, 0.717) is 10.8 Å². The third kappa shape index (κ3) is 2.96. The van der Waals surface area contributed by atoms with Crippen LogP contribution in [0.2, 0.25) is 5.02 Å². The molecule has 4 aromatic rings. The second kappa shape index (κ2) is 6.80. The smallest absolute Gasteiger partial charge is 0.342 e. The molecule has 1 aliphatic carbocycles. The molecule has 0 bridgehead atoms. The van der Waals surface area contributed by atoms with Gasteiger partial charge in [-0.3, -0.25) is 4.79 Å². The topological polar surface area (TPSA) is 49.0 Å². The highest BCUT2D eigenvalue weighted by Gasteiger charge is 2.29. The molecule has 138 valence electrons. The number of H-pyrrole nitrogens is 1. The first-order valence-electron chi connectivity index (χ1n) is 9.35. The number of hydrogen-bond acceptors (Lipinski definition) is 1. The quantitative estimate of drug-likeness (QED) is 0.512. The molecule has 0 atom stereocenters. The highest BCUT2D eigenvalue weighted by molar-refractivity contribution is 6.30. The van der Waals surface area contributed by atoms with Gasteiger partial charge in [0.05, 0.1) is 6.20 Å². The number of rotatable bonds is 3. The van der Waals surface area contributed by atoms with Gasteiger partial charge >= 0.3 is 11.7 Å². The molecule has 2 N–H and O–H groups in total. The minimum Gasteiger partial charge on any atom is -0.342 e. The molecule has 28 heavy (non-hydrogen) atoms. The van der Waals surface area contributed by atoms with Crippen molar-refractivity contribution in [1.29, 1.82) is 0 Å². The van der Waals surface area contributed by atoms with E-state index in [1.807, 2.05) is 53.1 Å². The number of carbonyl (C=O) groups is 1. The SMILES string of the molecule is O=C(NC1Cc2ccccc2C1)c1[nH]c(-c2cccc(Cl)c2)c2cccc[n+]12. The number of carbonyl (C=O) groups excluding carboxylic acids is 1. The van der Waals surface area contributed by atoms with Crippen LogP contribution in [0.25, 0.3) is 16.8 Å². The van der Waals surface area contributed by atoms with Gasteiger partial charge in [-0.2, -0.15) is 4.40 Å². The molecule has 0 saturated heterocycles. The molecule has 2 aromatic carbocycles. The van der Waals surface area contributed by atoms with Crippen LogP contribution in [0, 0.1) is 0 Å². The summed E-state index contributed by atoms with van der Waals surface area (Å²) in [7, 11) is 0. The van der Waals surface area contributed by atoms with Crippen LogP contribution in [0.3, 0.4) is 0 Å². The Morgan fingerprint density at radius 3 is 2.50 bits per heavy atom. The van der Waals surface area contributed by atoms with E-state index in [1.54, 1.807) is 0 Å². The van der Waals surface area contributed by atoms with Crippen molar-refractivity contribution in [3.63, 3.8) is 0 Å². The lowest BCUT2D eigenvalue weighted by Gasteiger charge is -2.09. The van der Waals surface area contributed by atoms with Crippen LogP contribution in [-0.4, -0.2) is 16.9 Å². The summed E-state index contributed by atoms with van der Waals surface area (Å²) in [5.74, 6) is 0.411. The fourth-order valence-electron chi connectivity index (χ4n) is 4.03. The zero-order valence-electron chi connectivity index (χ0n) is 15.2. The molecule has 2 heterocycles. The van der Waals surface area contributed by atoms with Gasteiger partial charge < -0.3 is 5.32 Å². The number of nitrogens with one attached hydrogen (secondary N) is 2. The average molecular weight is 389 g/mol. The summed E-state index contributed by atoms with van der Waals surface area (Å²) in [6.45, 7) is 0. The molecule has 0 saturated carbocycles. The van der Waals surface area contributed by atoms with Gasteiger partial charge in [0.1, 0.15) is 0 Å². The van der Waals surface area contributed by atoms with Crippen molar-refractivity contribution in [2.45, 2.75) is 18.9 Å². The summed E-state index contributed by atoms with van der Waals surface area (Å²) >= 11 is 6.17. The lowest BCUT2D eigenvalue weighted by molar-refractivity contribution is -0.513. The summed E-state index contributed by atoms with van der Waals surface area (Å²) in [5, 5.41) is 3.86. The Labute approximate surface area is 167 Å². The monoisotopic (exact) mass is 388 g/mol. The second-order valence-electron chi connectivity index (χ2n) is 7.16. The van der Waals surface area contributed by atoms with Crippen LogP contribution in [0.4, 0.5) is 0 Å². The average Bonchev–Trinajstić information content (AvgIpc) is 3.29. The zero-order chi connectivity index (χ0) is 19.1. The first kappa shape index (κ1) is 17.0. The Hall–Kier alpha value is -3.11. The number of aromatic nitrogens is 2. The molecule has 0 fully saturated rings. The predicted molar refractivity (Wildman–Crippen MR) is 110 cm³/mol. The van der Waals surface area contributed by atoms with Crippen molar-refractivity contribution in [2.75, 3.05) is 0 Å². The Morgan fingerprint density at radius 2 is 1.75 bits per heavy atom. The minimum atomic E-state index is -0.104. The van der Waals surface area contributed by atoms with E-state index in [0.717, 1.165) is 29.6 Å². The van der Waals surface area contributed by atoms with E-state index in [2.05, 4.69) is 34.6 Å². The first-order chi connectivity index (χ1) is 13.7. The van der Waals surface area contributed by atoms with E-state index in [4.69, 9.17) is 11.6 Å². The summed E-state index contributed by atoms with van der Waals surface area (Å²) in [6.07, 6.45) is 3.64. The van der Waals surface area contributed by atoms with Crippen LogP contribution < -0.4 is 9.72 Å². The standard InChI is InChI=1S/C23H18ClN3O/c24-18-9-5-8-17(12-18)21-20-10-3-4-11-27(20)22(26-21)23(28)25-19-13-15-6-1-2-7-16(15)14-19/h1-12,19H,13-14H2,(H,25,28)/p+1. The van der Waals surface area contributed by atoms with Gasteiger partial charge in [0.15, 0.2) is 11.2 Å². The van der Waals surface area contributed by atoms with Crippen molar-refractivity contribution in [3.8, 4) is 11.3 Å². The van der Waals surface area contributed by atoms with Crippen molar-refractivity contribution >= 4 is 23.0 Å². The third-order valence-corrected chi connectivity index (χ3v) is 5.55. The number of benzene rings is 2. The van der Waals surface area contributed by atoms with Gasteiger partial charge in [-0.25, -0.2) is 4.98 Å². The van der Waals surface area contributed by atoms with Crippen molar-refractivity contribution in [1.82, 2.24) is 10.3 Å².